The van der Waals surface area contributed by atoms with Gasteiger partial charge in [0.1, 0.15) is 5.15 Å². The number of halogens is 1. The predicted octanol–water partition coefficient (Wildman–Crippen LogP) is 1.87. The van der Waals surface area contributed by atoms with Gasteiger partial charge in [0.2, 0.25) is 0 Å². The molecular weight excluding hydrogens is 240 g/mol. The van der Waals surface area contributed by atoms with Crippen molar-refractivity contribution in [3.05, 3.63) is 29.0 Å². The van der Waals surface area contributed by atoms with Crippen molar-refractivity contribution >= 4 is 17.5 Å². The number of rotatable bonds is 5. The number of aromatic nitrogens is 1. The normalized spacial score (nSPS) is 12.5. The van der Waals surface area contributed by atoms with Crippen molar-refractivity contribution < 1.29 is 9.90 Å². The molecule has 1 atom stereocenters. The molecule has 0 bridgehead atoms. The van der Waals surface area contributed by atoms with E-state index in [0.717, 1.165) is 6.42 Å². The second kappa shape index (κ2) is 6.57. The molecule has 0 spiro atoms. The number of carbonyl (C=O) groups is 1. The van der Waals surface area contributed by atoms with Crippen LogP contribution < -0.4 is 5.32 Å². The lowest BCUT2D eigenvalue weighted by atomic mass is 10.0. The summed E-state index contributed by atoms with van der Waals surface area (Å²) in [5.74, 6) is 0.0969. The van der Waals surface area contributed by atoms with Crippen molar-refractivity contribution in [1.82, 2.24) is 10.3 Å². The van der Waals surface area contributed by atoms with Gasteiger partial charge in [-0.15, -0.1) is 0 Å². The standard InChI is InChI=1S/C12H17ClN2O2/c1-8(2)6-9(7-16)15-12(17)10-4-3-5-14-11(10)13/h3-5,8-9,16H,6-7H2,1-2H3,(H,15,17). The first kappa shape index (κ1) is 13.9. The van der Waals surface area contributed by atoms with E-state index < -0.39 is 0 Å². The Balaban J connectivity index is 2.68. The molecule has 1 aromatic rings. The Kier molecular flexibility index (Phi) is 5.38. The van der Waals surface area contributed by atoms with E-state index in [0.29, 0.717) is 11.5 Å². The number of hydrogen-bond acceptors (Lipinski definition) is 3. The van der Waals surface area contributed by atoms with Crippen molar-refractivity contribution in [1.29, 1.82) is 0 Å². The van der Waals surface area contributed by atoms with E-state index in [1.54, 1.807) is 12.1 Å². The number of pyridine rings is 1. The monoisotopic (exact) mass is 256 g/mol. The van der Waals surface area contributed by atoms with Gasteiger partial charge < -0.3 is 10.4 Å². The van der Waals surface area contributed by atoms with Crippen LogP contribution in [0.1, 0.15) is 30.6 Å². The minimum absolute atomic E-state index is 0.0815. The Bertz CT molecular complexity index is 383. The van der Waals surface area contributed by atoms with Gasteiger partial charge in [-0.25, -0.2) is 4.98 Å². The molecule has 0 saturated heterocycles. The van der Waals surface area contributed by atoms with Crippen molar-refractivity contribution in [2.45, 2.75) is 26.3 Å². The molecule has 1 unspecified atom stereocenters. The van der Waals surface area contributed by atoms with Gasteiger partial charge in [-0.05, 0) is 24.5 Å². The molecule has 0 aliphatic carbocycles. The number of aliphatic hydroxyl groups is 1. The maximum absolute atomic E-state index is 11.9. The molecule has 17 heavy (non-hydrogen) atoms. The molecule has 1 rings (SSSR count). The van der Waals surface area contributed by atoms with Crippen LogP contribution in [0, 0.1) is 5.92 Å². The zero-order chi connectivity index (χ0) is 12.8. The zero-order valence-corrected chi connectivity index (χ0v) is 10.7. The largest absolute Gasteiger partial charge is 0.394 e. The summed E-state index contributed by atoms with van der Waals surface area (Å²) in [7, 11) is 0. The van der Waals surface area contributed by atoms with Crippen molar-refractivity contribution in [3.63, 3.8) is 0 Å². The van der Waals surface area contributed by atoms with E-state index in [1.807, 2.05) is 13.8 Å². The Morgan fingerprint density at radius 3 is 2.82 bits per heavy atom. The van der Waals surface area contributed by atoms with E-state index in [1.165, 1.54) is 6.20 Å². The summed E-state index contributed by atoms with van der Waals surface area (Å²) in [4.78, 5) is 15.7. The summed E-state index contributed by atoms with van der Waals surface area (Å²) in [6.45, 7) is 3.99. The summed E-state index contributed by atoms with van der Waals surface area (Å²) >= 11 is 5.82. The summed E-state index contributed by atoms with van der Waals surface area (Å²) in [6.07, 6.45) is 2.25. The van der Waals surface area contributed by atoms with Crippen LogP contribution in [0.4, 0.5) is 0 Å². The molecule has 0 aromatic carbocycles. The van der Waals surface area contributed by atoms with Crippen LogP contribution in [0.2, 0.25) is 5.15 Å². The van der Waals surface area contributed by atoms with Crippen molar-refractivity contribution in [3.8, 4) is 0 Å². The third kappa shape index (κ3) is 4.32. The van der Waals surface area contributed by atoms with E-state index in [9.17, 15) is 9.90 Å². The summed E-state index contributed by atoms with van der Waals surface area (Å²) in [5, 5.41) is 12.1. The second-order valence-corrected chi connectivity index (χ2v) is 4.68. The number of nitrogens with zero attached hydrogens (tertiary/aromatic N) is 1. The SMILES string of the molecule is CC(C)CC(CO)NC(=O)c1cccnc1Cl. The van der Waals surface area contributed by atoms with Crippen molar-refractivity contribution in [2.75, 3.05) is 6.61 Å². The quantitative estimate of drug-likeness (QED) is 0.791. The topological polar surface area (TPSA) is 62.2 Å². The molecule has 0 aliphatic rings. The third-order valence-corrected chi connectivity index (χ3v) is 2.62. The van der Waals surface area contributed by atoms with Crippen LogP contribution in [-0.2, 0) is 0 Å². The van der Waals surface area contributed by atoms with Gasteiger partial charge in [-0.3, -0.25) is 4.79 Å². The number of amides is 1. The highest BCUT2D eigenvalue weighted by atomic mass is 35.5. The molecular formula is C12H17ClN2O2. The summed E-state index contributed by atoms with van der Waals surface area (Å²) < 4.78 is 0. The van der Waals surface area contributed by atoms with Crippen LogP contribution in [-0.4, -0.2) is 28.6 Å². The maximum atomic E-state index is 11.9. The Morgan fingerprint density at radius 2 is 2.29 bits per heavy atom. The van der Waals surface area contributed by atoms with Crippen LogP contribution in [0.5, 0.6) is 0 Å². The molecule has 94 valence electrons. The fourth-order valence-electron chi connectivity index (χ4n) is 1.57. The molecule has 1 amide bonds. The van der Waals surface area contributed by atoms with Gasteiger partial charge in [0.05, 0.1) is 18.2 Å². The highest BCUT2D eigenvalue weighted by Crippen LogP contribution is 2.12. The minimum Gasteiger partial charge on any atom is -0.394 e. The van der Waals surface area contributed by atoms with Crippen LogP contribution in [0.25, 0.3) is 0 Å². The van der Waals surface area contributed by atoms with Crippen LogP contribution in [0.15, 0.2) is 18.3 Å². The minimum atomic E-state index is -0.303. The van der Waals surface area contributed by atoms with E-state index in [4.69, 9.17) is 11.6 Å². The van der Waals surface area contributed by atoms with Gasteiger partial charge >= 0.3 is 0 Å². The lowest BCUT2D eigenvalue weighted by Crippen LogP contribution is -2.38. The molecule has 0 radical (unpaired) electrons. The lowest BCUT2D eigenvalue weighted by Gasteiger charge is -2.18. The average Bonchev–Trinajstić information content (AvgIpc) is 2.27. The molecule has 0 fully saturated rings. The molecule has 5 heteroatoms. The number of carbonyl (C=O) groups excluding carboxylic acids is 1. The van der Waals surface area contributed by atoms with Crippen LogP contribution >= 0.6 is 11.6 Å². The smallest absolute Gasteiger partial charge is 0.254 e. The lowest BCUT2D eigenvalue weighted by molar-refractivity contribution is 0.0908. The van der Waals surface area contributed by atoms with Gasteiger partial charge in [-0.1, -0.05) is 25.4 Å². The fraction of sp³-hybridized carbons (Fsp3) is 0.500. The first-order chi connectivity index (χ1) is 8.04. The average molecular weight is 257 g/mol. The molecule has 2 N–H and O–H groups in total. The van der Waals surface area contributed by atoms with Gasteiger partial charge in [0.15, 0.2) is 0 Å². The van der Waals surface area contributed by atoms with Crippen LogP contribution in [0.3, 0.4) is 0 Å². The molecule has 1 aromatic heterocycles. The zero-order valence-electron chi connectivity index (χ0n) is 9.98. The third-order valence-electron chi connectivity index (χ3n) is 2.32. The van der Waals surface area contributed by atoms with Gasteiger partial charge in [0, 0.05) is 6.20 Å². The number of aliphatic hydroxyl groups excluding tert-OH is 1. The van der Waals surface area contributed by atoms with E-state index in [-0.39, 0.29) is 23.7 Å². The molecule has 1 heterocycles. The first-order valence-corrected chi connectivity index (χ1v) is 5.94. The summed E-state index contributed by atoms with van der Waals surface area (Å²) in [6, 6.07) is 3.00. The van der Waals surface area contributed by atoms with Gasteiger partial charge in [-0.2, -0.15) is 0 Å². The molecule has 0 saturated carbocycles. The first-order valence-electron chi connectivity index (χ1n) is 5.56. The highest BCUT2D eigenvalue weighted by molar-refractivity contribution is 6.32. The fourth-order valence-corrected chi connectivity index (χ4v) is 1.77. The van der Waals surface area contributed by atoms with E-state index >= 15 is 0 Å². The summed E-state index contributed by atoms with van der Waals surface area (Å²) in [5.41, 5.74) is 0.330. The Labute approximate surface area is 106 Å². The maximum Gasteiger partial charge on any atom is 0.254 e. The predicted molar refractivity (Wildman–Crippen MR) is 67.0 cm³/mol. The molecule has 4 nitrogen and oxygen atoms in total. The highest BCUT2D eigenvalue weighted by Gasteiger charge is 2.16. The Hall–Kier alpha value is -1.13. The van der Waals surface area contributed by atoms with Crippen molar-refractivity contribution in [2.24, 2.45) is 5.92 Å². The molecule has 0 aliphatic heterocycles. The Morgan fingerprint density at radius 1 is 1.59 bits per heavy atom. The number of hydrogen-bond donors (Lipinski definition) is 2. The second-order valence-electron chi connectivity index (χ2n) is 4.32. The van der Waals surface area contributed by atoms with Gasteiger partial charge in [0.25, 0.3) is 5.91 Å². The van der Waals surface area contributed by atoms with E-state index in [2.05, 4.69) is 10.3 Å². The number of nitrogens with one attached hydrogen (secondary N) is 1.